The maximum atomic E-state index is 3.88. The molecule has 5 aromatic rings. The average Bonchev–Trinajstić information content (AvgIpc) is 3.60. The first-order chi connectivity index (χ1) is 21.1. The normalized spacial score (nSPS) is 11.5. The number of benzene rings is 4. The molecule has 1 aliphatic rings. The van der Waals surface area contributed by atoms with Crippen molar-refractivity contribution in [3.63, 3.8) is 0 Å². The van der Waals surface area contributed by atoms with Crippen molar-refractivity contribution in [3.8, 4) is 33.4 Å². The molecule has 3 heteroatoms. The molecule has 0 bridgehead atoms. The molecule has 0 heterocycles. The molecule has 0 amide bonds. The fraction of sp³-hybridized carbons (Fsp3) is 0.311. The maximum Gasteiger partial charge on any atom is 4.00 e. The molecule has 1 aliphatic carbocycles. The molecule has 250 valence electrons. The fourth-order valence-corrected chi connectivity index (χ4v) is 6.45. The van der Waals surface area contributed by atoms with Crippen LogP contribution in [-0.2, 0) is 48.9 Å². The van der Waals surface area contributed by atoms with Gasteiger partial charge in [0.25, 0.3) is 0 Å². The number of aryl methyl sites for hydroxylation is 1. The van der Waals surface area contributed by atoms with Crippen molar-refractivity contribution >= 4 is 0 Å². The third-order valence-corrected chi connectivity index (χ3v) is 8.67. The van der Waals surface area contributed by atoms with Crippen LogP contribution in [0.5, 0.6) is 0 Å². The van der Waals surface area contributed by atoms with Crippen LogP contribution in [0, 0.1) is 13.0 Å². The van der Waals surface area contributed by atoms with E-state index in [9.17, 15) is 0 Å². The summed E-state index contributed by atoms with van der Waals surface area (Å²) in [7, 11) is 0. The second kappa shape index (κ2) is 17.4. The van der Waals surface area contributed by atoms with Crippen LogP contribution >= 0.6 is 0 Å². The standard InChI is InChI=1S/C33H33.C10H15.C2H4.2ClH.Zr/c1-32(2,3)30-20-26-24(18-28(30)22-13-9-7-10-14-22)17-25-19-29(23-15-11-8-12-16-23)31(21-27(25)26)33(4,5)6;1-8-6-5-7-9(8)10(2,3)4;1-2;;;/h7-16,18,20-21H,17H2,1-6H3;5-7H,1-4H3;1-2H2;2*1H;/q2*-1;;;;+4/p-2. The van der Waals surface area contributed by atoms with Gasteiger partial charge in [0.2, 0.25) is 0 Å². The van der Waals surface area contributed by atoms with E-state index in [2.05, 4.69) is 186 Å². The number of rotatable bonds is 2. The van der Waals surface area contributed by atoms with Crippen LogP contribution in [0.4, 0.5) is 0 Å². The predicted octanol–water partition coefficient (Wildman–Crippen LogP) is 6.81. The second-order valence-electron chi connectivity index (χ2n) is 15.3. The summed E-state index contributed by atoms with van der Waals surface area (Å²) in [6.07, 6.45) is 0.944. The molecule has 0 aromatic heterocycles. The van der Waals surface area contributed by atoms with Gasteiger partial charge in [0.1, 0.15) is 0 Å². The van der Waals surface area contributed by atoms with Gasteiger partial charge >= 0.3 is 26.2 Å². The molecule has 0 unspecified atom stereocenters. The molecule has 0 saturated heterocycles. The summed E-state index contributed by atoms with van der Waals surface area (Å²) >= 11 is 0. The molecule has 0 nitrogen and oxygen atoms in total. The van der Waals surface area contributed by atoms with Crippen molar-refractivity contribution in [2.45, 2.75) is 91.9 Å². The van der Waals surface area contributed by atoms with E-state index >= 15 is 0 Å². The zero-order chi connectivity index (χ0) is 33.2. The van der Waals surface area contributed by atoms with E-state index in [4.69, 9.17) is 0 Å². The van der Waals surface area contributed by atoms with Crippen LogP contribution in [0.15, 0.2) is 110 Å². The summed E-state index contributed by atoms with van der Waals surface area (Å²) in [5.74, 6) is 0. The van der Waals surface area contributed by atoms with E-state index in [1.165, 1.54) is 66.8 Å². The summed E-state index contributed by atoms with van der Waals surface area (Å²) in [6.45, 7) is 28.8. The Morgan fingerprint density at radius 1 is 0.604 bits per heavy atom. The van der Waals surface area contributed by atoms with Gasteiger partial charge in [-0.15, -0.1) is 47.5 Å². The minimum atomic E-state index is 0. The summed E-state index contributed by atoms with van der Waals surface area (Å²) in [4.78, 5) is 0. The first-order valence-electron chi connectivity index (χ1n) is 16.3. The van der Waals surface area contributed by atoms with E-state index in [-0.39, 0.29) is 61.8 Å². The smallest absolute Gasteiger partial charge is 1.00 e. The first-order valence-corrected chi connectivity index (χ1v) is 16.3. The van der Waals surface area contributed by atoms with Crippen LogP contribution in [0.1, 0.15) is 95.7 Å². The summed E-state index contributed by atoms with van der Waals surface area (Å²) in [5.41, 5.74) is 16.7. The van der Waals surface area contributed by atoms with Crippen molar-refractivity contribution in [3.05, 3.63) is 150 Å². The van der Waals surface area contributed by atoms with Gasteiger partial charge in [0, 0.05) is 0 Å². The maximum absolute atomic E-state index is 3.88. The predicted molar refractivity (Wildman–Crippen MR) is 199 cm³/mol. The summed E-state index contributed by atoms with van der Waals surface area (Å²) < 4.78 is 0. The molecule has 0 atom stereocenters. The fourth-order valence-electron chi connectivity index (χ4n) is 6.45. The van der Waals surface area contributed by atoms with Crippen molar-refractivity contribution < 1.29 is 51.0 Å². The summed E-state index contributed by atoms with van der Waals surface area (Å²) in [6, 6.07) is 39.3. The monoisotopic (exact) mass is 752 g/mol. The topological polar surface area (TPSA) is 0 Å². The van der Waals surface area contributed by atoms with Gasteiger partial charge in [0.05, 0.1) is 0 Å². The number of hydrogen-bond acceptors (Lipinski definition) is 0. The Morgan fingerprint density at radius 3 is 1.54 bits per heavy atom. The van der Waals surface area contributed by atoms with Gasteiger partial charge in [-0.2, -0.15) is 11.6 Å². The molecule has 0 radical (unpaired) electrons. The van der Waals surface area contributed by atoms with E-state index in [1.54, 1.807) is 0 Å². The van der Waals surface area contributed by atoms with Gasteiger partial charge in [-0.25, -0.2) is 12.1 Å². The molecule has 0 N–H and O–H groups in total. The van der Waals surface area contributed by atoms with E-state index in [0.29, 0.717) is 5.41 Å². The SMILES string of the molecule is C=C.CC(C)(C)c1cc2c([c-]c1-c1ccccc1)Cc1cc(-c3ccccc3)c(C(C)(C)C)cc1-2.Cc1ccc[c-]1C(C)(C)C.[Cl-].[Cl-].[Zr+4]. The molecule has 6 rings (SSSR count). The quantitative estimate of drug-likeness (QED) is 0.135. The van der Waals surface area contributed by atoms with Crippen LogP contribution in [-0.4, -0.2) is 0 Å². The zero-order valence-corrected chi connectivity index (χ0v) is 34.6. The van der Waals surface area contributed by atoms with Crippen molar-refractivity contribution in [1.82, 2.24) is 0 Å². The number of hydrogen-bond donors (Lipinski definition) is 0. The Kier molecular flexibility index (Phi) is 15.7. The summed E-state index contributed by atoms with van der Waals surface area (Å²) in [5, 5.41) is 0. The van der Waals surface area contributed by atoms with Crippen LogP contribution in [0.25, 0.3) is 33.4 Å². The second-order valence-corrected chi connectivity index (χ2v) is 15.3. The molecule has 0 saturated carbocycles. The van der Waals surface area contributed by atoms with Crippen LogP contribution in [0.3, 0.4) is 0 Å². The Balaban J connectivity index is 0.000000660. The third-order valence-electron chi connectivity index (χ3n) is 8.67. The minimum Gasteiger partial charge on any atom is -1.00 e. The van der Waals surface area contributed by atoms with E-state index in [1.807, 2.05) is 0 Å². The average molecular weight is 755 g/mol. The molecule has 0 fully saturated rings. The Morgan fingerprint density at radius 2 is 1.10 bits per heavy atom. The first kappa shape index (κ1) is 43.5. The number of fused-ring (bicyclic) bond motifs is 3. The molecule has 0 aliphatic heterocycles. The minimum absolute atomic E-state index is 0. The van der Waals surface area contributed by atoms with Gasteiger partial charge < -0.3 is 24.8 Å². The van der Waals surface area contributed by atoms with Gasteiger partial charge in [-0.05, 0) is 39.5 Å². The van der Waals surface area contributed by atoms with E-state index < -0.39 is 0 Å². The Hall–Kier alpha value is -2.57. The molecule has 0 spiro atoms. The van der Waals surface area contributed by atoms with Crippen LogP contribution < -0.4 is 24.8 Å². The Labute approximate surface area is 323 Å². The van der Waals surface area contributed by atoms with Gasteiger partial charge in [-0.3, -0.25) is 0 Å². The Bertz CT molecular complexity index is 1640. The van der Waals surface area contributed by atoms with Crippen LogP contribution in [0.2, 0.25) is 0 Å². The molecular formula is C45H52Cl2Zr. The third kappa shape index (κ3) is 9.78. The molecule has 5 aromatic carbocycles. The van der Waals surface area contributed by atoms with Crippen molar-refractivity contribution in [2.75, 3.05) is 0 Å². The van der Waals surface area contributed by atoms with Gasteiger partial charge in [0.15, 0.2) is 0 Å². The largest absolute Gasteiger partial charge is 4.00 e. The van der Waals surface area contributed by atoms with Crippen molar-refractivity contribution in [2.24, 2.45) is 0 Å². The van der Waals surface area contributed by atoms with E-state index in [0.717, 1.165) is 6.42 Å². The van der Waals surface area contributed by atoms with Crippen molar-refractivity contribution in [1.29, 1.82) is 0 Å². The number of halogens is 2. The molecular weight excluding hydrogens is 703 g/mol. The zero-order valence-electron chi connectivity index (χ0n) is 30.6. The molecule has 48 heavy (non-hydrogen) atoms. The van der Waals surface area contributed by atoms with Gasteiger partial charge in [-0.1, -0.05) is 164 Å².